The lowest BCUT2D eigenvalue weighted by atomic mass is 9.92. The lowest BCUT2D eigenvalue weighted by molar-refractivity contribution is -0.142. The number of hydrogen-bond donors (Lipinski definition) is 2. The molecule has 2 rings (SSSR count). The SMILES string of the molecule is CCNC(=O)C(C)(C)CNC(=NC)N1CCN(C(=O)C2CCCO2)CC1.I. The van der Waals surface area contributed by atoms with Gasteiger partial charge in [-0.05, 0) is 33.6 Å². The Labute approximate surface area is 179 Å². The van der Waals surface area contributed by atoms with Gasteiger partial charge in [-0.25, -0.2) is 0 Å². The van der Waals surface area contributed by atoms with Crippen LogP contribution in [0.25, 0.3) is 0 Å². The first kappa shape index (κ1) is 23.9. The number of aliphatic imine (C=N–C) groups is 1. The van der Waals surface area contributed by atoms with Gasteiger partial charge >= 0.3 is 0 Å². The largest absolute Gasteiger partial charge is 0.368 e. The molecular formula is C18H34IN5O3. The minimum absolute atomic E-state index is 0. The quantitative estimate of drug-likeness (QED) is 0.333. The molecule has 2 amide bonds. The maximum atomic E-state index is 12.4. The fourth-order valence-corrected chi connectivity index (χ4v) is 3.23. The van der Waals surface area contributed by atoms with Crippen molar-refractivity contribution in [2.75, 3.05) is 52.9 Å². The van der Waals surface area contributed by atoms with Crippen molar-refractivity contribution in [3.05, 3.63) is 0 Å². The molecule has 2 aliphatic rings. The van der Waals surface area contributed by atoms with Gasteiger partial charge in [0.25, 0.3) is 5.91 Å². The molecule has 2 aliphatic heterocycles. The molecule has 0 aromatic rings. The van der Waals surface area contributed by atoms with Gasteiger partial charge in [-0.2, -0.15) is 0 Å². The Hall–Kier alpha value is -1.10. The van der Waals surface area contributed by atoms with Crippen LogP contribution in [-0.4, -0.2) is 86.6 Å². The fourth-order valence-electron chi connectivity index (χ4n) is 3.23. The first-order valence-electron chi connectivity index (χ1n) is 9.53. The van der Waals surface area contributed by atoms with Crippen LogP contribution in [-0.2, 0) is 14.3 Å². The highest BCUT2D eigenvalue weighted by Gasteiger charge is 2.32. The Bertz CT molecular complexity index is 527. The Kier molecular flexibility index (Phi) is 9.78. The molecule has 2 N–H and O–H groups in total. The highest BCUT2D eigenvalue weighted by atomic mass is 127. The topological polar surface area (TPSA) is 86.3 Å². The highest BCUT2D eigenvalue weighted by Crippen LogP contribution is 2.17. The van der Waals surface area contributed by atoms with Crippen LogP contribution in [0, 0.1) is 5.41 Å². The van der Waals surface area contributed by atoms with Gasteiger partial charge < -0.3 is 25.2 Å². The number of nitrogens with zero attached hydrogens (tertiary/aromatic N) is 3. The Morgan fingerprint density at radius 3 is 2.30 bits per heavy atom. The van der Waals surface area contributed by atoms with Crippen molar-refractivity contribution in [1.82, 2.24) is 20.4 Å². The molecular weight excluding hydrogens is 461 g/mol. The summed E-state index contributed by atoms with van der Waals surface area (Å²) in [7, 11) is 1.74. The molecule has 0 spiro atoms. The van der Waals surface area contributed by atoms with Crippen LogP contribution in [0.5, 0.6) is 0 Å². The second-order valence-corrected chi connectivity index (χ2v) is 7.46. The van der Waals surface area contributed by atoms with Gasteiger partial charge in [0, 0.05) is 52.9 Å². The van der Waals surface area contributed by atoms with Crippen molar-refractivity contribution in [3.63, 3.8) is 0 Å². The first-order valence-corrected chi connectivity index (χ1v) is 9.53. The standard InChI is InChI=1S/C18H33N5O3.HI/c1-5-20-16(25)18(2,3)13-21-17(19-4)23-10-8-22(9-11-23)15(24)14-7-6-12-26-14;/h14H,5-13H2,1-4H3,(H,19,21)(H,20,25);1H. The van der Waals surface area contributed by atoms with E-state index in [9.17, 15) is 9.59 Å². The molecule has 0 aromatic carbocycles. The van der Waals surface area contributed by atoms with E-state index < -0.39 is 5.41 Å². The Balaban J connectivity index is 0.00000364. The van der Waals surface area contributed by atoms with Crippen molar-refractivity contribution < 1.29 is 14.3 Å². The molecule has 0 bridgehead atoms. The first-order chi connectivity index (χ1) is 12.4. The third kappa shape index (κ3) is 6.48. The van der Waals surface area contributed by atoms with Crippen LogP contribution < -0.4 is 10.6 Å². The van der Waals surface area contributed by atoms with Gasteiger partial charge in [-0.15, -0.1) is 24.0 Å². The third-order valence-electron chi connectivity index (χ3n) is 4.95. The van der Waals surface area contributed by atoms with Crippen LogP contribution in [0.2, 0.25) is 0 Å². The summed E-state index contributed by atoms with van der Waals surface area (Å²) in [6.45, 7) is 10.3. The molecule has 2 fully saturated rings. The number of rotatable bonds is 5. The van der Waals surface area contributed by atoms with Crippen LogP contribution in [0.4, 0.5) is 0 Å². The molecule has 8 nitrogen and oxygen atoms in total. The summed E-state index contributed by atoms with van der Waals surface area (Å²) in [5.41, 5.74) is -0.524. The number of hydrogen-bond acceptors (Lipinski definition) is 4. The molecule has 27 heavy (non-hydrogen) atoms. The molecule has 2 saturated heterocycles. The van der Waals surface area contributed by atoms with E-state index in [2.05, 4.69) is 20.5 Å². The molecule has 2 heterocycles. The highest BCUT2D eigenvalue weighted by molar-refractivity contribution is 14.0. The van der Waals surface area contributed by atoms with E-state index in [0.717, 1.165) is 31.9 Å². The predicted octanol–water partition coefficient (Wildman–Crippen LogP) is 0.665. The molecule has 1 unspecified atom stereocenters. The second-order valence-electron chi connectivity index (χ2n) is 7.46. The normalized spacial score (nSPS) is 20.9. The Morgan fingerprint density at radius 2 is 1.78 bits per heavy atom. The molecule has 0 aliphatic carbocycles. The van der Waals surface area contributed by atoms with E-state index in [1.54, 1.807) is 7.05 Å². The zero-order valence-electron chi connectivity index (χ0n) is 16.9. The smallest absolute Gasteiger partial charge is 0.251 e. The summed E-state index contributed by atoms with van der Waals surface area (Å²) in [5.74, 6) is 0.906. The number of halogens is 1. The van der Waals surface area contributed by atoms with Crippen LogP contribution in [0.1, 0.15) is 33.6 Å². The molecule has 0 saturated carbocycles. The summed E-state index contributed by atoms with van der Waals surface area (Å²) >= 11 is 0. The van der Waals surface area contributed by atoms with Gasteiger partial charge in [0.1, 0.15) is 6.10 Å². The lowest BCUT2D eigenvalue weighted by Gasteiger charge is -2.38. The monoisotopic (exact) mass is 495 g/mol. The number of ether oxygens (including phenoxy) is 1. The summed E-state index contributed by atoms with van der Waals surface area (Å²) in [6, 6.07) is 0. The minimum atomic E-state index is -0.524. The van der Waals surface area contributed by atoms with Crippen molar-refractivity contribution >= 4 is 41.8 Å². The Morgan fingerprint density at radius 1 is 1.15 bits per heavy atom. The number of guanidine groups is 1. The van der Waals surface area contributed by atoms with Gasteiger partial charge in [0.05, 0.1) is 5.41 Å². The average Bonchev–Trinajstić information content (AvgIpc) is 3.17. The molecule has 156 valence electrons. The average molecular weight is 495 g/mol. The molecule has 9 heteroatoms. The van der Waals surface area contributed by atoms with E-state index in [-0.39, 0.29) is 41.9 Å². The fraction of sp³-hybridized carbons (Fsp3) is 0.833. The van der Waals surface area contributed by atoms with E-state index in [1.165, 1.54) is 0 Å². The maximum absolute atomic E-state index is 12.4. The summed E-state index contributed by atoms with van der Waals surface area (Å²) < 4.78 is 5.50. The lowest BCUT2D eigenvalue weighted by Crippen LogP contribution is -2.56. The van der Waals surface area contributed by atoms with Gasteiger partial charge in [-0.3, -0.25) is 14.6 Å². The van der Waals surface area contributed by atoms with Crippen LogP contribution in [0.15, 0.2) is 4.99 Å². The molecule has 0 radical (unpaired) electrons. The van der Waals surface area contributed by atoms with Gasteiger partial charge in [0.2, 0.25) is 5.91 Å². The minimum Gasteiger partial charge on any atom is -0.368 e. The zero-order chi connectivity index (χ0) is 19.2. The summed E-state index contributed by atoms with van der Waals surface area (Å²) in [6.07, 6.45) is 1.54. The van der Waals surface area contributed by atoms with Crippen molar-refractivity contribution in [2.45, 2.75) is 39.7 Å². The number of nitrogens with one attached hydrogen (secondary N) is 2. The number of carbonyl (C=O) groups excluding carboxylic acids is 2. The maximum Gasteiger partial charge on any atom is 0.251 e. The van der Waals surface area contributed by atoms with Crippen molar-refractivity contribution in [2.24, 2.45) is 10.4 Å². The summed E-state index contributed by atoms with van der Waals surface area (Å²) in [5, 5.41) is 6.17. The zero-order valence-corrected chi connectivity index (χ0v) is 19.2. The van der Waals surface area contributed by atoms with Crippen LogP contribution >= 0.6 is 24.0 Å². The van der Waals surface area contributed by atoms with E-state index in [4.69, 9.17) is 4.74 Å². The molecule has 0 aromatic heterocycles. The van der Waals surface area contributed by atoms with E-state index in [1.807, 2.05) is 25.7 Å². The summed E-state index contributed by atoms with van der Waals surface area (Å²) in [4.78, 5) is 32.9. The number of carbonyl (C=O) groups is 2. The number of amides is 2. The second kappa shape index (κ2) is 11.0. The third-order valence-corrected chi connectivity index (χ3v) is 4.95. The van der Waals surface area contributed by atoms with Gasteiger partial charge in [0.15, 0.2) is 5.96 Å². The predicted molar refractivity (Wildman–Crippen MR) is 116 cm³/mol. The van der Waals surface area contributed by atoms with E-state index >= 15 is 0 Å². The van der Waals surface area contributed by atoms with E-state index in [0.29, 0.717) is 32.8 Å². The van der Waals surface area contributed by atoms with Crippen LogP contribution in [0.3, 0.4) is 0 Å². The number of piperazine rings is 1. The van der Waals surface area contributed by atoms with Crippen molar-refractivity contribution in [1.29, 1.82) is 0 Å². The molecule has 1 atom stereocenters. The van der Waals surface area contributed by atoms with Crippen molar-refractivity contribution in [3.8, 4) is 0 Å². The van der Waals surface area contributed by atoms with Gasteiger partial charge in [-0.1, -0.05) is 0 Å².